The van der Waals surface area contributed by atoms with Crippen LogP contribution in [-0.2, 0) is 38.2 Å². The topological polar surface area (TPSA) is 144 Å². The molecule has 4 aliphatic heterocycles. The van der Waals surface area contributed by atoms with Crippen molar-refractivity contribution >= 4 is 23.7 Å². The molecule has 4 rings (SSSR count). The zero-order valence-electron chi connectivity index (χ0n) is 24.2. The summed E-state index contributed by atoms with van der Waals surface area (Å²) in [7, 11) is 0. The number of allylic oxidation sites excluding steroid dienone is 2. The number of carbonyl (C=O) groups is 4. The van der Waals surface area contributed by atoms with Gasteiger partial charge in [-0.15, -0.1) is 5.06 Å². The van der Waals surface area contributed by atoms with Gasteiger partial charge in [0.05, 0.1) is 55.2 Å². The summed E-state index contributed by atoms with van der Waals surface area (Å²) in [5.74, 6) is -1.69. The summed E-state index contributed by atoms with van der Waals surface area (Å²) in [5.41, 5.74) is 0.739. The average molecular weight is 575 g/mol. The quantitative estimate of drug-likeness (QED) is 0.174. The molecule has 0 aromatic heterocycles. The van der Waals surface area contributed by atoms with Gasteiger partial charge in [0, 0.05) is 31.8 Å². The molecule has 226 valence electrons. The van der Waals surface area contributed by atoms with Crippen LogP contribution in [0.4, 0.5) is 0 Å². The fraction of sp³-hybridized carbons (Fsp3) is 0.667. The lowest BCUT2D eigenvalue weighted by Gasteiger charge is -2.39. The number of ether oxygens (including phenoxy) is 3. The third kappa shape index (κ3) is 8.81. The molecular weight excluding hydrogens is 532 g/mol. The number of aliphatic hydroxyl groups excluding tert-OH is 1. The van der Waals surface area contributed by atoms with E-state index in [2.05, 4.69) is 18.3 Å². The first kappa shape index (κ1) is 31.1. The lowest BCUT2D eigenvalue weighted by molar-refractivity contribution is -0.200. The highest BCUT2D eigenvalue weighted by Gasteiger charge is 2.51. The second-order valence-corrected chi connectivity index (χ2v) is 11.8. The summed E-state index contributed by atoms with van der Waals surface area (Å²) >= 11 is 0. The van der Waals surface area contributed by atoms with Crippen molar-refractivity contribution in [3.05, 3.63) is 36.0 Å². The number of amides is 3. The molecule has 8 atom stereocenters. The van der Waals surface area contributed by atoms with Gasteiger partial charge < -0.3 is 29.5 Å². The summed E-state index contributed by atoms with van der Waals surface area (Å²) in [6.45, 7) is 8.29. The standard InChI is InChI=1S/C30H42N2O9/c1-18(6-9-25-19(2)13-24(21(4)39-25)31-26(34)10-7-20(3)33)5-8-22-15-30(17-38-30)16-23(40-22)14-29(37)41-32-27(35)11-12-28(32)36/h5-8,10,19-25,33H,9,11-17H2,1-4H3,(H,31,34)/b8-5+,10-7-,18-6+/t19-,20-,21+,22+,23+,24+,25-,30+/m0/s1. The molecule has 0 aliphatic carbocycles. The third-order valence-electron chi connectivity index (χ3n) is 8.00. The minimum atomic E-state index is -0.677. The Morgan fingerprint density at radius 1 is 1.17 bits per heavy atom. The van der Waals surface area contributed by atoms with Gasteiger partial charge in [-0.2, -0.15) is 0 Å². The van der Waals surface area contributed by atoms with Gasteiger partial charge in [-0.1, -0.05) is 36.8 Å². The summed E-state index contributed by atoms with van der Waals surface area (Å²) < 4.78 is 18.1. The molecule has 0 saturated carbocycles. The van der Waals surface area contributed by atoms with E-state index >= 15 is 0 Å². The maximum absolute atomic E-state index is 12.4. The van der Waals surface area contributed by atoms with Crippen molar-refractivity contribution < 1.29 is 43.3 Å². The van der Waals surface area contributed by atoms with Gasteiger partial charge in [0.15, 0.2) is 0 Å². The van der Waals surface area contributed by atoms with E-state index in [-0.39, 0.29) is 61.0 Å². The zero-order valence-corrected chi connectivity index (χ0v) is 24.2. The van der Waals surface area contributed by atoms with Gasteiger partial charge in [0.1, 0.15) is 0 Å². The Labute approximate surface area is 240 Å². The first-order chi connectivity index (χ1) is 19.4. The van der Waals surface area contributed by atoms with Crippen LogP contribution in [0.2, 0.25) is 0 Å². The minimum Gasteiger partial charge on any atom is -0.389 e. The van der Waals surface area contributed by atoms with Gasteiger partial charge in [-0.3, -0.25) is 14.4 Å². The van der Waals surface area contributed by atoms with Gasteiger partial charge in [0.25, 0.3) is 11.8 Å². The smallest absolute Gasteiger partial charge is 0.335 e. The molecule has 1 spiro atoms. The van der Waals surface area contributed by atoms with Crippen LogP contribution in [0.1, 0.15) is 72.6 Å². The van der Waals surface area contributed by atoms with E-state index in [4.69, 9.17) is 19.0 Å². The number of aliphatic hydroxyl groups is 1. The largest absolute Gasteiger partial charge is 0.389 e. The van der Waals surface area contributed by atoms with Crippen molar-refractivity contribution in [1.29, 1.82) is 0 Å². The molecule has 4 aliphatic rings. The van der Waals surface area contributed by atoms with E-state index in [1.54, 1.807) is 6.92 Å². The maximum atomic E-state index is 12.4. The monoisotopic (exact) mass is 574 g/mol. The average Bonchev–Trinajstić information content (AvgIpc) is 3.57. The molecule has 0 aromatic rings. The Kier molecular flexibility index (Phi) is 10.2. The molecule has 0 aromatic carbocycles. The molecular formula is C30H42N2O9. The van der Waals surface area contributed by atoms with Crippen molar-refractivity contribution in [3.63, 3.8) is 0 Å². The minimum absolute atomic E-state index is 0.0216. The molecule has 11 nitrogen and oxygen atoms in total. The predicted octanol–water partition coefficient (Wildman–Crippen LogP) is 2.43. The predicted molar refractivity (Wildman–Crippen MR) is 147 cm³/mol. The Morgan fingerprint density at radius 2 is 1.88 bits per heavy atom. The summed E-state index contributed by atoms with van der Waals surface area (Å²) in [6, 6.07) is -0.0978. The Balaban J connectivity index is 1.25. The number of hydrogen-bond donors (Lipinski definition) is 2. The van der Waals surface area contributed by atoms with Crippen molar-refractivity contribution in [2.75, 3.05) is 6.61 Å². The number of nitrogens with zero attached hydrogens (tertiary/aromatic N) is 1. The SMILES string of the molecule is CC(/C=C/[C@@H]1C[C@]2(CO2)C[C@@H](CC(=O)ON2C(=O)CCC2=O)O1)=C\C[C@@H]1O[C@H](C)[C@H](NC(=O)/C=C\[C@H](C)O)C[C@@H]1C. The van der Waals surface area contributed by atoms with Crippen LogP contribution in [0.25, 0.3) is 0 Å². The van der Waals surface area contributed by atoms with E-state index in [9.17, 15) is 24.3 Å². The van der Waals surface area contributed by atoms with E-state index < -0.39 is 30.0 Å². The summed E-state index contributed by atoms with van der Waals surface area (Å²) in [6.07, 6.45) is 10.2. The lowest BCUT2D eigenvalue weighted by atomic mass is 9.88. The summed E-state index contributed by atoms with van der Waals surface area (Å²) in [5, 5.41) is 12.9. The van der Waals surface area contributed by atoms with Crippen LogP contribution < -0.4 is 5.32 Å². The Bertz CT molecular complexity index is 1080. The summed E-state index contributed by atoms with van der Waals surface area (Å²) in [4.78, 5) is 53.0. The molecule has 0 unspecified atom stereocenters. The number of rotatable bonds is 10. The molecule has 3 amide bonds. The van der Waals surface area contributed by atoms with Crippen molar-refractivity contribution in [3.8, 4) is 0 Å². The van der Waals surface area contributed by atoms with E-state index in [1.807, 2.05) is 26.0 Å². The van der Waals surface area contributed by atoms with Crippen molar-refractivity contribution in [2.24, 2.45) is 5.92 Å². The molecule has 0 radical (unpaired) electrons. The number of hydrogen-bond acceptors (Lipinski definition) is 9. The van der Waals surface area contributed by atoms with E-state index in [0.717, 1.165) is 18.4 Å². The second-order valence-electron chi connectivity index (χ2n) is 11.8. The highest BCUT2D eigenvalue weighted by atomic mass is 16.7. The number of epoxide rings is 1. The highest BCUT2D eigenvalue weighted by Crippen LogP contribution is 2.43. The van der Waals surface area contributed by atoms with Crippen LogP contribution in [0.15, 0.2) is 36.0 Å². The highest BCUT2D eigenvalue weighted by molar-refractivity contribution is 6.01. The van der Waals surface area contributed by atoms with Gasteiger partial charge in [-0.05, 0) is 39.5 Å². The molecule has 11 heteroatoms. The van der Waals surface area contributed by atoms with E-state index in [0.29, 0.717) is 24.5 Å². The van der Waals surface area contributed by atoms with Crippen LogP contribution >= 0.6 is 0 Å². The zero-order chi connectivity index (χ0) is 29.7. The fourth-order valence-electron chi connectivity index (χ4n) is 5.56. The third-order valence-corrected chi connectivity index (χ3v) is 8.00. The number of hydroxylamine groups is 2. The molecule has 4 fully saturated rings. The van der Waals surface area contributed by atoms with Crippen LogP contribution in [0.5, 0.6) is 0 Å². The van der Waals surface area contributed by atoms with Crippen LogP contribution in [0, 0.1) is 5.92 Å². The van der Waals surface area contributed by atoms with E-state index in [1.165, 1.54) is 12.2 Å². The van der Waals surface area contributed by atoms with Crippen molar-refractivity contribution in [2.45, 2.75) is 115 Å². The lowest BCUT2D eigenvalue weighted by Crippen LogP contribution is -2.50. The van der Waals surface area contributed by atoms with Gasteiger partial charge in [0.2, 0.25) is 5.91 Å². The molecule has 4 saturated heterocycles. The number of carbonyl (C=O) groups excluding carboxylic acids is 4. The molecule has 2 N–H and O–H groups in total. The molecule has 0 bridgehead atoms. The number of nitrogens with one attached hydrogen (secondary N) is 1. The van der Waals surface area contributed by atoms with Gasteiger partial charge >= 0.3 is 5.97 Å². The van der Waals surface area contributed by atoms with Gasteiger partial charge in [-0.25, -0.2) is 4.79 Å². The number of imide groups is 1. The fourth-order valence-corrected chi connectivity index (χ4v) is 5.56. The van der Waals surface area contributed by atoms with Crippen LogP contribution in [0.3, 0.4) is 0 Å². The molecule has 4 heterocycles. The Morgan fingerprint density at radius 3 is 2.54 bits per heavy atom. The van der Waals surface area contributed by atoms with Crippen LogP contribution in [-0.4, -0.2) is 82.6 Å². The normalized spacial score (nSPS) is 35.0. The van der Waals surface area contributed by atoms with Crippen molar-refractivity contribution in [1.82, 2.24) is 10.4 Å². The Hall–Kier alpha value is -2.86. The maximum Gasteiger partial charge on any atom is 0.335 e. The first-order valence-corrected chi connectivity index (χ1v) is 14.5. The first-order valence-electron chi connectivity index (χ1n) is 14.5. The second kappa shape index (κ2) is 13.4. The molecule has 41 heavy (non-hydrogen) atoms.